The second kappa shape index (κ2) is 9.71. The van der Waals surface area contributed by atoms with Gasteiger partial charge in [0.25, 0.3) is 5.19 Å². The van der Waals surface area contributed by atoms with Crippen molar-refractivity contribution in [2.24, 2.45) is 0 Å². The largest absolute Gasteiger partial charge is 0.497 e. The Morgan fingerprint density at radius 2 is 1.97 bits per heavy atom. The molecule has 4 rings (SSSR count). The Morgan fingerprint density at radius 1 is 1.20 bits per heavy atom. The summed E-state index contributed by atoms with van der Waals surface area (Å²) in [5, 5.41) is 0.736. The van der Waals surface area contributed by atoms with Gasteiger partial charge in [-0.25, -0.2) is 4.98 Å². The molecule has 7 heteroatoms. The van der Waals surface area contributed by atoms with Crippen LogP contribution >= 0.6 is 23.1 Å². The quantitative estimate of drug-likeness (QED) is 0.473. The Balaban J connectivity index is 1.21. The number of carbonyl (C=O) groups excluding carboxylic acids is 1. The van der Waals surface area contributed by atoms with Gasteiger partial charge in [0.2, 0.25) is 5.91 Å². The molecule has 1 amide bonds. The fraction of sp³-hybridized carbons (Fsp3) is 0.391. The van der Waals surface area contributed by atoms with Gasteiger partial charge in [0, 0.05) is 43.0 Å². The number of carbonyl (C=O) groups is 1. The molecule has 3 aromatic rings. The first-order chi connectivity index (χ1) is 14.6. The zero-order valence-corrected chi connectivity index (χ0v) is 18.9. The highest BCUT2D eigenvalue weighted by Crippen LogP contribution is 2.31. The summed E-state index contributed by atoms with van der Waals surface area (Å²) >= 11 is 3.30. The van der Waals surface area contributed by atoms with Crippen molar-refractivity contribution in [3.63, 3.8) is 0 Å². The van der Waals surface area contributed by atoms with E-state index in [2.05, 4.69) is 30.1 Å². The summed E-state index contributed by atoms with van der Waals surface area (Å²) in [6.07, 6.45) is 2.39. The normalized spacial score (nSPS) is 14.8. The molecule has 30 heavy (non-hydrogen) atoms. The monoisotopic (exact) mass is 442 g/mol. The van der Waals surface area contributed by atoms with Crippen LogP contribution < -0.4 is 9.47 Å². The molecule has 0 saturated carbocycles. The van der Waals surface area contributed by atoms with Gasteiger partial charge in [0.05, 0.1) is 17.3 Å². The molecular weight excluding hydrogens is 416 g/mol. The summed E-state index contributed by atoms with van der Waals surface area (Å²) in [4.78, 5) is 20.3. The molecule has 158 valence electrons. The Kier molecular flexibility index (Phi) is 6.79. The average molecular weight is 443 g/mol. The summed E-state index contributed by atoms with van der Waals surface area (Å²) in [5.41, 5.74) is 2.20. The van der Waals surface area contributed by atoms with Crippen LogP contribution in [0.2, 0.25) is 0 Å². The molecule has 1 aliphatic heterocycles. The third kappa shape index (κ3) is 5.08. The molecule has 0 spiro atoms. The Morgan fingerprint density at radius 3 is 2.67 bits per heavy atom. The maximum Gasteiger partial charge on any atom is 0.274 e. The first-order valence-corrected chi connectivity index (χ1v) is 12.0. The van der Waals surface area contributed by atoms with Crippen molar-refractivity contribution in [3.05, 3.63) is 48.0 Å². The number of aromatic nitrogens is 1. The standard InChI is InChI=1S/C23H26N2O3S2/c1-16-4-3-5-20-22(16)24-23(30-20)28-18-10-13-25(14-11-18)21(26)12-15-29-19-8-6-17(27-2)7-9-19/h3-9,18H,10-15H2,1-2H3. The lowest BCUT2D eigenvalue weighted by atomic mass is 10.1. The van der Waals surface area contributed by atoms with E-state index < -0.39 is 0 Å². The van der Waals surface area contributed by atoms with Crippen molar-refractivity contribution in [1.82, 2.24) is 9.88 Å². The third-order valence-corrected chi connectivity index (χ3v) is 7.23. The first kappa shape index (κ1) is 21.0. The molecule has 0 aliphatic carbocycles. The van der Waals surface area contributed by atoms with Gasteiger partial charge >= 0.3 is 0 Å². The Hall–Kier alpha value is -2.25. The number of para-hydroxylation sites is 1. The van der Waals surface area contributed by atoms with Gasteiger partial charge in [-0.05, 0) is 42.8 Å². The van der Waals surface area contributed by atoms with Gasteiger partial charge in [-0.15, -0.1) is 11.8 Å². The zero-order valence-electron chi connectivity index (χ0n) is 17.3. The first-order valence-electron chi connectivity index (χ1n) is 10.2. The van der Waals surface area contributed by atoms with E-state index in [1.165, 1.54) is 5.56 Å². The Bertz CT molecular complexity index is 995. The molecule has 5 nitrogen and oxygen atoms in total. The molecule has 0 radical (unpaired) electrons. The van der Waals surface area contributed by atoms with Gasteiger partial charge in [0.1, 0.15) is 11.9 Å². The number of benzene rings is 2. The van der Waals surface area contributed by atoms with Crippen molar-refractivity contribution in [1.29, 1.82) is 0 Å². The number of likely N-dealkylation sites (tertiary alicyclic amines) is 1. The van der Waals surface area contributed by atoms with Gasteiger partial charge in [-0.2, -0.15) is 0 Å². The van der Waals surface area contributed by atoms with Crippen molar-refractivity contribution in [2.75, 3.05) is 26.0 Å². The minimum atomic E-state index is 0.128. The molecule has 2 aromatic carbocycles. The maximum absolute atomic E-state index is 12.6. The zero-order chi connectivity index (χ0) is 20.9. The van der Waals surface area contributed by atoms with Gasteiger partial charge in [-0.1, -0.05) is 23.5 Å². The second-order valence-corrected chi connectivity index (χ2v) is 9.53. The fourth-order valence-electron chi connectivity index (χ4n) is 3.57. The van der Waals surface area contributed by atoms with Crippen LogP contribution in [-0.2, 0) is 4.79 Å². The van der Waals surface area contributed by atoms with Crippen molar-refractivity contribution in [3.8, 4) is 10.9 Å². The molecule has 0 bridgehead atoms. The smallest absolute Gasteiger partial charge is 0.274 e. The van der Waals surface area contributed by atoms with Crippen LogP contribution in [0.1, 0.15) is 24.8 Å². The summed E-state index contributed by atoms with van der Waals surface area (Å²) in [7, 11) is 1.66. The summed E-state index contributed by atoms with van der Waals surface area (Å²) in [6.45, 7) is 3.57. The summed E-state index contributed by atoms with van der Waals surface area (Å²) < 4.78 is 12.5. The number of ether oxygens (including phenoxy) is 2. The van der Waals surface area contributed by atoms with Crippen molar-refractivity contribution in [2.45, 2.75) is 37.2 Å². The third-order valence-electron chi connectivity index (χ3n) is 5.31. The number of amides is 1. The van der Waals surface area contributed by atoms with Gasteiger partial charge in [0.15, 0.2) is 0 Å². The lowest BCUT2D eigenvalue weighted by Crippen LogP contribution is -2.41. The van der Waals surface area contributed by atoms with E-state index in [9.17, 15) is 4.79 Å². The lowest BCUT2D eigenvalue weighted by Gasteiger charge is -2.31. The molecule has 0 N–H and O–H groups in total. The number of thioether (sulfide) groups is 1. The predicted octanol–water partition coefficient (Wildman–Crippen LogP) is 5.17. The SMILES string of the molecule is COc1ccc(SCCC(=O)N2CCC(Oc3nc4c(C)cccc4s3)CC2)cc1. The topological polar surface area (TPSA) is 51.7 Å². The summed E-state index contributed by atoms with van der Waals surface area (Å²) in [6, 6.07) is 14.2. The number of piperidine rings is 1. The lowest BCUT2D eigenvalue weighted by molar-refractivity contribution is -0.132. The van der Waals surface area contributed by atoms with Gasteiger partial charge < -0.3 is 14.4 Å². The van der Waals surface area contributed by atoms with E-state index in [-0.39, 0.29) is 12.0 Å². The van der Waals surface area contributed by atoms with Crippen LogP contribution in [0.5, 0.6) is 10.9 Å². The number of aryl methyl sites for hydroxylation is 1. The highest BCUT2D eigenvalue weighted by Gasteiger charge is 2.24. The molecule has 1 fully saturated rings. The van der Waals surface area contributed by atoms with E-state index in [4.69, 9.17) is 9.47 Å². The van der Waals surface area contributed by atoms with Gasteiger partial charge in [-0.3, -0.25) is 4.79 Å². The van der Waals surface area contributed by atoms with E-state index in [0.29, 0.717) is 6.42 Å². The number of nitrogens with zero attached hydrogens (tertiary/aromatic N) is 2. The highest BCUT2D eigenvalue weighted by molar-refractivity contribution is 7.99. The minimum absolute atomic E-state index is 0.128. The molecule has 0 atom stereocenters. The van der Waals surface area contributed by atoms with E-state index in [1.807, 2.05) is 29.2 Å². The van der Waals surface area contributed by atoms with Crippen LogP contribution in [0.25, 0.3) is 10.2 Å². The highest BCUT2D eigenvalue weighted by atomic mass is 32.2. The number of fused-ring (bicyclic) bond motifs is 1. The van der Waals surface area contributed by atoms with Crippen LogP contribution in [-0.4, -0.2) is 47.8 Å². The average Bonchev–Trinajstić information content (AvgIpc) is 3.18. The molecular formula is C23H26N2O3S2. The summed E-state index contributed by atoms with van der Waals surface area (Å²) in [5.74, 6) is 1.86. The predicted molar refractivity (Wildman–Crippen MR) is 123 cm³/mol. The molecule has 1 aromatic heterocycles. The van der Waals surface area contributed by atoms with E-state index in [0.717, 1.165) is 57.7 Å². The Labute approximate surface area is 185 Å². The van der Waals surface area contributed by atoms with Crippen LogP contribution in [0.3, 0.4) is 0 Å². The van der Waals surface area contributed by atoms with E-state index in [1.54, 1.807) is 30.2 Å². The number of methoxy groups -OCH3 is 1. The van der Waals surface area contributed by atoms with Crippen molar-refractivity contribution < 1.29 is 14.3 Å². The number of hydrogen-bond donors (Lipinski definition) is 0. The minimum Gasteiger partial charge on any atom is -0.497 e. The molecule has 1 saturated heterocycles. The second-order valence-electron chi connectivity index (χ2n) is 7.37. The molecule has 1 aliphatic rings. The number of thiazole rings is 1. The van der Waals surface area contributed by atoms with Crippen LogP contribution in [0, 0.1) is 6.92 Å². The van der Waals surface area contributed by atoms with Crippen molar-refractivity contribution >= 4 is 39.2 Å². The molecule has 0 unspecified atom stereocenters. The van der Waals surface area contributed by atoms with E-state index >= 15 is 0 Å². The number of rotatable bonds is 7. The fourth-order valence-corrected chi connectivity index (χ4v) is 5.37. The molecule has 2 heterocycles. The van der Waals surface area contributed by atoms with Crippen LogP contribution in [0.4, 0.5) is 0 Å². The van der Waals surface area contributed by atoms with Crippen LogP contribution in [0.15, 0.2) is 47.4 Å². The number of hydrogen-bond acceptors (Lipinski definition) is 6. The maximum atomic E-state index is 12.6.